The largest absolute Gasteiger partial charge is 0.314 e. The van der Waals surface area contributed by atoms with E-state index in [-0.39, 0.29) is 5.41 Å². The molecular formula is C16H30N2S. The summed E-state index contributed by atoms with van der Waals surface area (Å²) in [6.45, 7) is 14.5. The van der Waals surface area contributed by atoms with Gasteiger partial charge in [0, 0.05) is 23.3 Å². The van der Waals surface area contributed by atoms with E-state index in [1.807, 2.05) is 11.3 Å². The lowest BCUT2D eigenvalue weighted by molar-refractivity contribution is 0.396. The fraction of sp³-hybridized carbons (Fsp3) is 0.812. The van der Waals surface area contributed by atoms with Crippen LogP contribution < -0.4 is 5.32 Å². The monoisotopic (exact) mass is 282 g/mol. The average molecular weight is 282 g/mol. The normalized spacial score (nSPS) is 15.5. The molecule has 2 atom stereocenters. The molecule has 0 aliphatic carbocycles. The summed E-state index contributed by atoms with van der Waals surface area (Å²) in [6, 6.07) is 0.568. The molecule has 0 aromatic carbocycles. The summed E-state index contributed by atoms with van der Waals surface area (Å²) in [6.07, 6.45) is 3.57. The molecule has 1 N–H and O–H groups in total. The summed E-state index contributed by atoms with van der Waals surface area (Å²) in [7, 11) is 0. The molecule has 0 aliphatic rings. The number of rotatable bonds is 7. The van der Waals surface area contributed by atoms with E-state index in [1.165, 1.54) is 23.5 Å². The molecule has 0 saturated heterocycles. The van der Waals surface area contributed by atoms with Gasteiger partial charge in [0.05, 0.1) is 10.7 Å². The minimum atomic E-state index is 0.166. The first-order chi connectivity index (χ1) is 8.86. The first-order valence-electron chi connectivity index (χ1n) is 7.55. The van der Waals surface area contributed by atoms with E-state index in [9.17, 15) is 0 Å². The summed E-state index contributed by atoms with van der Waals surface area (Å²) in [5.74, 6) is 0.783. The highest BCUT2D eigenvalue weighted by molar-refractivity contribution is 7.09. The molecule has 2 nitrogen and oxygen atoms in total. The molecule has 2 unspecified atom stereocenters. The summed E-state index contributed by atoms with van der Waals surface area (Å²) in [5, 5.41) is 7.11. The predicted octanol–water partition coefficient (Wildman–Crippen LogP) is 4.40. The van der Waals surface area contributed by atoms with Crippen molar-refractivity contribution in [3.05, 3.63) is 16.1 Å². The van der Waals surface area contributed by atoms with Crippen LogP contribution in [0, 0.1) is 5.92 Å². The molecule has 0 fully saturated rings. The van der Waals surface area contributed by atoms with Gasteiger partial charge < -0.3 is 5.32 Å². The van der Waals surface area contributed by atoms with Gasteiger partial charge in [0.2, 0.25) is 0 Å². The fourth-order valence-electron chi connectivity index (χ4n) is 2.14. The molecule has 1 aromatic heterocycles. The Morgan fingerprint density at radius 1 is 1.32 bits per heavy atom. The lowest BCUT2D eigenvalue weighted by Crippen LogP contribution is -2.32. The molecule has 19 heavy (non-hydrogen) atoms. The Morgan fingerprint density at radius 2 is 2.00 bits per heavy atom. The van der Waals surface area contributed by atoms with Crippen molar-refractivity contribution in [2.75, 3.05) is 6.54 Å². The zero-order valence-electron chi connectivity index (χ0n) is 13.4. The van der Waals surface area contributed by atoms with Crippen molar-refractivity contribution in [2.45, 2.75) is 72.3 Å². The summed E-state index contributed by atoms with van der Waals surface area (Å²) >= 11 is 1.81. The van der Waals surface area contributed by atoms with Crippen LogP contribution in [-0.2, 0) is 11.8 Å². The zero-order valence-corrected chi connectivity index (χ0v) is 14.2. The van der Waals surface area contributed by atoms with Crippen molar-refractivity contribution in [2.24, 2.45) is 5.92 Å². The summed E-state index contributed by atoms with van der Waals surface area (Å²) < 4.78 is 0. The van der Waals surface area contributed by atoms with Gasteiger partial charge in [-0.3, -0.25) is 0 Å². The quantitative estimate of drug-likeness (QED) is 0.802. The second-order valence-corrected chi connectivity index (χ2v) is 7.53. The van der Waals surface area contributed by atoms with E-state index >= 15 is 0 Å². The van der Waals surface area contributed by atoms with Gasteiger partial charge in [0.1, 0.15) is 0 Å². The van der Waals surface area contributed by atoms with E-state index in [0.29, 0.717) is 6.04 Å². The van der Waals surface area contributed by atoms with Crippen molar-refractivity contribution < 1.29 is 0 Å². The van der Waals surface area contributed by atoms with Crippen molar-refractivity contribution >= 4 is 11.3 Å². The Kier molecular flexibility index (Phi) is 6.48. The molecule has 3 heteroatoms. The summed E-state index contributed by atoms with van der Waals surface area (Å²) in [5.41, 5.74) is 1.39. The predicted molar refractivity (Wildman–Crippen MR) is 86.1 cm³/mol. The van der Waals surface area contributed by atoms with Gasteiger partial charge in [-0.05, 0) is 18.9 Å². The molecule has 0 saturated carbocycles. The third-order valence-electron chi connectivity index (χ3n) is 3.62. The number of thiazole rings is 1. The number of hydrogen-bond donors (Lipinski definition) is 1. The molecular weight excluding hydrogens is 252 g/mol. The minimum absolute atomic E-state index is 0.166. The van der Waals surface area contributed by atoms with E-state index in [0.717, 1.165) is 18.9 Å². The van der Waals surface area contributed by atoms with Crippen molar-refractivity contribution in [3.63, 3.8) is 0 Å². The Balaban J connectivity index is 2.65. The Hall–Kier alpha value is -0.410. The Labute approximate surface area is 123 Å². The number of hydrogen-bond acceptors (Lipinski definition) is 3. The van der Waals surface area contributed by atoms with Gasteiger partial charge in [0.25, 0.3) is 0 Å². The van der Waals surface area contributed by atoms with E-state index in [2.05, 4.69) is 52.2 Å². The molecule has 0 bridgehead atoms. The van der Waals surface area contributed by atoms with Crippen LogP contribution in [0.4, 0.5) is 0 Å². The smallest absolute Gasteiger partial charge is 0.0944 e. The molecule has 1 heterocycles. The lowest BCUT2D eigenvalue weighted by atomic mass is 9.93. The summed E-state index contributed by atoms with van der Waals surface area (Å²) in [4.78, 5) is 4.82. The van der Waals surface area contributed by atoms with Gasteiger partial charge in [-0.2, -0.15) is 0 Å². The SMILES string of the molecule is CCNC(Cc1nc(C(C)(C)C)cs1)CC(C)CC. The average Bonchev–Trinajstić information content (AvgIpc) is 2.77. The Bertz CT molecular complexity index is 365. The van der Waals surface area contributed by atoms with Gasteiger partial charge in [0.15, 0.2) is 0 Å². The third-order valence-corrected chi connectivity index (χ3v) is 4.49. The molecule has 110 valence electrons. The van der Waals surface area contributed by atoms with Gasteiger partial charge in [-0.25, -0.2) is 4.98 Å². The van der Waals surface area contributed by atoms with Crippen LogP contribution in [0.1, 0.15) is 65.1 Å². The van der Waals surface area contributed by atoms with Crippen molar-refractivity contribution in [1.29, 1.82) is 0 Å². The highest BCUT2D eigenvalue weighted by Gasteiger charge is 2.19. The van der Waals surface area contributed by atoms with Crippen LogP contribution in [0.5, 0.6) is 0 Å². The molecule has 0 aliphatic heterocycles. The van der Waals surface area contributed by atoms with Crippen LogP contribution in [-0.4, -0.2) is 17.6 Å². The van der Waals surface area contributed by atoms with Crippen LogP contribution in [0.15, 0.2) is 5.38 Å². The lowest BCUT2D eigenvalue weighted by Gasteiger charge is -2.20. The molecule has 1 rings (SSSR count). The molecule has 0 spiro atoms. The first kappa shape index (κ1) is 16.6. The van der Waals surface area contributed by atoms with Crippen LogP contribution in [0.3, 0.4) is 0 Å². The van der Waals surface area contributed by atoms with E-state index in [1.54, 1.807) is 0 Å². The second-order valence-electron chi connectivity index (χ2n) is 6.58. The maximum atomic E-state index is 4.82. The first-order valence-corrected chi connectivity index (χ1v) is 8.43. The standard InChI is InChI=1S/C16H30N2S/c1-7-12(3)9-13(17-8-2)10-15-18-14(11-19-15)16(4,5)6/h11-13,17H,7-10H2,1-6H3. The fourth-order valence-corrected chi connectivity index (χ4v) is 3.24. The van der Waals surface area contributed by atoms with Crippen molar-refractivity contribution in [1.82, 2.24) is 10.3 Å². The zero-order chi connectivity index (χ0) is 14.5. The van der Waals surface area contributed by atoms with Gasteiger partial charge in [-0.15, -0.1) is 11.3 Å². The number of nitrogens with one attached hydrogen (secondary N) is 1. The number of likely N-dealkylation sites (N-methyl/N-ethyl adjacent to an activating group) is 1. The van der Waals surface area contributed by atoms with Crippen LogP contribution in [0.25, 0.3) is 0 Å². The van der Waals surface area contributed by atoms with E-state index in [4.69, 9.17) is 4.98 Å². The molecule has 0 radical (unpaired) electrons. The number of aromatic nitrogens is 1. The maximum Gasteiger partial charge on any atom is 0.0944 e. The molecule has 0 amide bonds. The Morgan fingerprint density at radius 3 is 2.47 bits per heavy atom. The number of nitrogens with zero attached hydrogens (tertiary/aromatic N) is 1. The maximum absolute atomic E-state index is 4.82. The van der Waals surface area contributed by atoms with Crippen molar-refractivity contribution in [3.8, 4) is 0 Å². The van der Waals surface area contributed by atoms with Crippen LogP contribution >= 0.6 is 11.3 Å². The topological polar surface area (TPSA) is 24.9 Å². The van der Waals surface area contributed by atoms with Gasteiger partial charge in [-0.1, -0.05) is 48.0 Å². The minimum Gasteiger partial charge on any atom is -0.314 e. The van der Waals surface area contributed by atoms with Gasteiger partial charge >= 0.3 is 0 Å². The second kappa shape index (κ2) is 7.39. The van der Waals surface area contributed by atoms with E-state index < -0.39 is 0 Å². The molecule has 1 aromatic rings. The highest BCUT2D eigenvalue weighted by Crippen LogP contribution is 2.25. The van der Waals surface area contributed by atoms with Crippen LogP contribution in [0.2, 0.25) is 0 Å². The third kappa shape index (κ3) is 5.62. The highest BCUT2D eigenvalue weighted by atomic mass is 32.1.